The molecule has 1 rings (SSSR count). The lowest BCUT2D eigenvalue weighted by Crippen LogP contribution is -2.22. The molecular weight excluding hydrogens is 281 g/mol. The Labute approximate surface area is 112 Å². The Balaban J connectivity index is 2.55. The molecule has 0 fully saturated rings. The van der Waals surface area contributed by atoms with Gasteiger partial charge in [-0.05, 0) is 32.0 Å². The summed E-state index contributed by atoms with van der Waals surface area (Å²) in [6.45, 7) is 3.71. The number of benzene rings is 1. The van der Waals surface area contributed by atoms with Crippen molar-refractivity contribution in [3.8, 4) is 0 Å². The number of anilines is 1. The maximum absolute atomic E-state index is 11.6. The smallest absolute Gasteiger partial charge is 0.154 e. The minimum Gasteiger partial charge on any atom is -0.384 e. The van der Waals surface area contributed by atoms with Gasteiger partial charge in [-0.15, -0.1) is 0 Å². The van der Waals surface area contributed by atoms with Gasteiger partial charge in [-0.25, -0.2) is 8.42 Å². The molecule has 3 nitrogen and oxygen atoms in total. The van der Waals surface area contributed by atoms with E-state index >= 15 is 0 Å². The Morgan fingerprint density at radius 2 is 1.88 bits per heavy atom. The van der Waals surface area contributed by atoms with E-state index in [2.05, 4.69) is 5.32 Å². The number of sulfone groups is 1. The summed E-state index contributed by atoms with van der Waals surface area (Å²) in [7, 11) is -3.01. The van der Waals surface area contributed by atoms with Crippen LogP contribution in [0.2, 0.25) is 10.0 Å². The molecule has 0 aliphatic heterocycles. The summed E-state index contributed by atoms with van der Waals surface area (Å²) in [5, 5.41) is 3.58. The first-order valence-electron chi connectivity index (χ1n) is 5.23. The molecular formula is C11H15Cl2NO2S. The fourth-order valence-corrected chi connectivity index (χ4v) is 2.34. The summed E-state index contributed by atoms with van der Waals surface area (Å²) in [5.41, 5.74) is 0.762. The standard InChI is InChI=1S/C11H15Cl2NO2S/c1-8(2)17(15,16)6-5-14-9-3-4-10(12)11(13)7-9/h3-4,7-8,14H,5-6H2,1-2H3. The Bertz CT molecular complexity index is 486. The summed E-state index contributed by atoms with van der Waals surface area (Å²) in [6.07, 6.45) is 0. The van der Waals surface area contributed by atoms with Crippen LogP contribution in [0.1, 0.15) is 13.8 Å². The molecule has 0 unspecified atom stereocenters. The summed E-state index contributed by atoms with van der Waals surface area (Å²) >= 11 is 11.6. The van der Waals surface area contributed by atoms with Gasteiger partial charge in [-0.1, -0.05) is 23.2 Å². The molecule has 0 aliphatic rings. The van der Waals surface area contributed by atoms with E-state index < -0.39 is 9.84 Å². The lowest BCUT2D eigenvalue weighted by molar-refractivity contribution is 0.588. The van der Waals surface area contributed by atoms with Crippen molar-refractivity contribution in [2.24, 2.45) is 0 Å². The van der Waals surface area contributed by atoms with Crippen molar-refractivity contribution in [3.63, 3.8) is 0 Å². The van der Waals surface area contributed by atoms with Crippen LogP contribution in [0.3, 0.4) is 0 Å². The SMILES string of the molecule is CC(C)S(=O)(=O)CCNc1ccc(Cl)c(Cl)c1. The van der Waals surface area contributed by atoms with Crippen molar-refractivity contribution in [1.29, 1.82) is 0 Å². The summed E-state index contributed by atoms with van der Waals surface area (Å²) in [6, 6.07) is 5.10. The third-order valence-electron chi connectivity index (χ3n) is 2.35. The number of nitrogens with one attached hydrogen (secondary N) is 1. The molecule has 1 aromatic rings. The molecule has 0 heterocycles. The first-order chi connectivity index (χ1) is 7.83. The van der Waals surface area contributed by atoms with Gasteiger partial charge >= 0.3 is 0 Å². The average Bonchev–Trinajstić information content (AvgIpc) is 2.23. The molecule has 0 bridgehead atoms. The average molecular weight is 296 g/mol. The molecule has 0 atom stereocenters. The summed E-state index contributed by atoms with van der Waals surface area (Å²) in [5.74, 6) is 0.102. The molecule has 0 spiro atoms. The van der Waals surface area contributed by atoms with E-state index in [4.69, 9.17) is 23.2 Å². The Morgan fingerprint density at radius 3 is 2.41 bits per heavy atom. The van der Waals surface area contributed by atoms with Gasteiger partial charge < -0.3 is 5.32 Å². The van der Waals surface area contributed by atoms with E-state index in [-0.39, 0.29) is 11.0 Å². The number of rotatable bonds is 5. The van der Waals surface area contributed by atoms with Gasteiger partial charge in [0.1, 0.15) is 0 Å². The van der Waals surface area contributed by atoms with Gasteiger partial charge in [0.05, 0.1) is 21.0 Å². The van der Waals surface area contributed by atoms with Gasteiger partial charge in [0.2, 0.25) is 0 Å². The Morgan fingerprint density at radius 1 is 1.24 bits per heavy atom. The zero-order chi connectivity index (χ0) is 13.1. The minimum absolute atomic E-state index is 0.102. The van der Waals surface area contributed by atoms with E-state index in [1.54, 1.807) is 32.0 Å². The number of hydrogen-bond acceptors (Lipinski definition) is 3. The van der Waals surface area contributed by atoms with Crippen LogP contribution in [0.4, 0.5) is 5.69 Å². The van der Waals surface area contributed by atoms with Crippen molar-refractivity contribution in [3.05, 3.63) is 28.2 Å². The molecule has 6 heteroatoms. The van der Waals surface area contributed by atoms with Crippen LogP contribution in [0, 0.1) is 0 Å². The molecule has 0 saturated heterocycles. The van der Waals surface area contributed by atoms with Gasteiger partial charge in [0.25, 0.3) is 0 Å². The fraction of sp³-hybridized carbons (Fsp3) is 0.455. The minimum atomic E-state index is -3.01. The highest BCUT2D eigenvalue weighted by Gasteiger charge is 2.15. The highest BCUT2D eigenvalue weighted by atomic mass is 35.5. The van der Waals surface area contributed by atoms with Gasteiger partial charge in [0.15, 0.2) is 9.84 Å². The van der Waals surface area contributed by atoms with Crippen molar-refractivity contribution >= 4 is 38.7 Å². The van der Waals surface area contributed by atoms with Crippen LogP contribution in [0.5, 0.6) is 0 Å². The molecule has 17 heavy (non-hydrogen) atoms. The first-order valence-corrected chi connectivity index (χ1v) is 7.70. The summed E-state index contributed by atoms with van der Waals surface area (Å²) < 4.78 is 23.1. The van der Waals surface area contributed by atoms with Crippen molar-refractivity contribution in [1.82, 2.24) is 0 Å². The third kappa shape index (κ3) is 4.37. The topological polar surface area (TPSA) is 46.2 Å². The first kappa shape index (κ1) is 14.6. The van der Waals surface area contributed by atoms with Crippen LogP contribution in [0.25, 0.3) is 0 Å². The predicted molar refractivity (Wildman–Crippen MR) is 73.9 cm³/mol. The maximum Gasteiger partial charge on any atom is 0.154 e. The second kappa shape index (κ2) is 5.94. The third-order valence-corrected chi connectivity index (χ3v) is 5.30. The van der Waals surface area contributed by atoms with E-state index in [1.165, 1.54) is 0 Å². The zero-order valence-electron chi connectivity index (χ0n) is 9.70. The monoisotopic (exact) mass is 295 g/mol. The predicted octanol–water partition coefficient (Wildman–Crippen LogP) is 3.23. The largest absolute Gasteiger partial charge is 0.384 e. The number of halogens is 2. The van der Waals surface area contributed by atoms with Crippen LogP contribution in [-0.2, 0) is 9.84 Å². The Hall–Kier alpha value is -0.450. The van der Waals surface area contributed by atoms with E-state index in [9.17, 15) is 8.42 Å². The fourth-order valence-electron chi connectivity index (χ4n) is 1.18. The van der Waals surface area contributed by atoms with Crippen molar-refractivity contribution in [2.75, 3.05) is 17.6 Å². The van der Waals surface area contributed by atoms with Crippen LogP contribution in [0.15, 0.2) is 18.2 Å². The van der Waals surface area contributed by atoms with E-state index in [0.29, 0.717) is 16.6 Å². The molecule has 0 radical (unpaired) electrons. The van der Waals surface area contributed by atoms with Crippen molar-refractivity contribution < 1.29 is 8.42 Å². The van der Waals surface area contributed by atoms with Gasteiger partial charge in [-0.2, -0.15) is 0 Å². The van der Waals surface area contributed by atoms with Crippen molar-refractivity contribution in [2.45, 2.75) is 19.1 Å². The van der Waals surface area contributed by atoms with E-state index in [1.807, 2.05) is 0 Å². The molecule has 0 amide bonds. The molecule has 1 aromatic carbocycles. The molecule has 0 saturated carbocycles. The summed E-state index contributed by atoms with van der Waals surface area (Å²) in [4.78, 5) is 0. The molecule has 0 aromatic heterocycles. The maximum atomic E-state index is 11.6. The normalized spacial score (nSPS) is 11.8. The van der Waals surface area contributed by atoms with Gasteiger partial charge in [-0.3, -0.25) is 0 Å². The second-order valence-corrected chi connectivity index (χ2v) is 7.46. The molecule has 1 N–H and O–H groups in total. The van der Waals surface area contributed by atoms with Crippen LogP contribution in [-0.4, -0.2) is 26.0 Å². The highest BCUT2D eigenvalue weighted by molar-refractivity contribution is 7.92. The second-order valence-electron chi connectivity index (χ2n) is 3.97. The lowest BCUT2D eigenvalue weighted by atomic mass is 10.3. The van der Waals surface area contributed by atoms with Crippen LogP contribution < -0.4 is 5.32 Å². The quantitative estimate of drug-likeness (QED) is 0.907. The molecule has 96 valence electrons. The zero-order valence-corrected chi connectivity index (χ0v) is 12.0. The Kier molecular flexibility index (Phi) is 5.10. The number of hydrogen-bond donors (Lipinski definition) is 1. The lowest BCUT2D eigenvalue weighted by Gasteiger charge is -2.10. The molecule has 0 aliphatic carbocycles. The van der Waals surface area contributed by atoms with Gasteiger partial charge in [0, 0.05) is 12.2 Å². The van der Waals surface area contributed by atoms with Crippen LogP contribution >= 0.6 is 23.2 Å². The van der Waals surface area contributed by atoms with E-state index in [0.717, 1.165) is 5.69 Å². The highest BCUT2D eigenvalue weighted by Crippen LogP contribution is 2.24.